The molecule has 2 aliphatic heterocycles. The smallest absolute Gasteiger partial charge is 0.407 e. The highest BCUT2D eigenvalue weighted by atomic mass is 28.3. The van der Waals surface area contributed by atoms with Crippen LogP contribution in [-0.2, 0) is 20.9 Å². The second-order valence-corrected chi connectivity index (χ2v) is 20.9. The number of rotatable bonds is 11. The summed E-state index contributed by atoms with van der Waals surface area (Å²) in [7, 11) is -1.22. The number of morpholine rings is 1. The van der Waals surface area contributed by atoms with Gasteiger partial charge in [-0.25, -0.2) is 24.7 Å². The number of carbonyl (C=O) groups is 1. The SMILES string of the molecule is CC(C)(C)OC(=O)N[C@H]1CCCN(c2ncc(Nc3ccc(-c4cc5c(N6CCOCC6)ncnc5n4COCC[Si](C)(C)C)cc3)cn2)C1. The van der Waals surface area contributed by atoms with Crippen molar-refractivity contribution >= 4 is 48.3 Å². The lowest BCUT2D eigenvalue weighted by molar-refractivity contribution is 0.0499. The van der Waals surface area contributed by atoms with Crippen molar-refractivity contribution in [2.45, 2.75) is 77.7 Å². The van der Waals surface area contributed by atoms with E-state index in [0.29, 0.717) is 32.4 Å². The van der Waals surface area contributed by atoms with Crippen LogP contribution in [0.1, 0.15) is 33.6 Å². The Labute approximate surface area is 295 Å². The first-order valence-electron chi connectivity index (χ1n) is 17.6. The van der Waals surface area contributed by atoms with E-state index in [0.717, 1.165) is 84.6 Å². The van der Waals surface area contributed by atoms with Crippen LogP contribution in [0.5, 0.6) is 0 Å². The van der Waals surface area contributed by atoms with Gasteiger partial charge in [-0.05, 0) is 63.4 Å². The second kappa shape index (κ2) is 15.3. The first-order valence-corrected chi connectivity index (χ1v) is 21.3. The molecule has 2 saturated heterocycles. The van der Waals surface area contributed by atoms with Crippen molar-refractivity contribution < 1.29 is 19.0 Å². The number of fused-ring (bicyclic) bond motifs is 1. The zero-order chi connectivity index (χ0) is 35.3. The summed E-state index contributed by atoms with van der Waals surface area (Å²) in [4.78, 5) is 35.4. The Kier molecular flexibility index (Phi) is 10.9. The number of piperidine rings is 1. The van der Waals surface area contributed by atoms with Gasteiger partial charge in [0, 0.05) is 52.6 Å². The molecule has 2 N–H and O–H groups in total. The molecule has 268 valence electrons. The Morgan fingerprint density at radius 1 is 0.980 bits per heavy atom. The normalized spacial score (nSPS) is 17.2. The first-order chi connectivity index (χ1) is 23.9. The third kappa shape index (κ3) is 9.28. The maximum absolute atomic E-state index is 12.3. The predicted octanol–water partition coefficient (Wildman–Crippen LogP) is 6.27. The Morgan fingerprint density at radius 3 is 2.42 bits per heavy atom. The van der Waals surface area contributed by atoms with Crippen molar-refractivity contribution in [3.05, 3.63) is 49.1 Å². The maximum atomic E-state index is 12.3. The molecule has 50 heavy (non-hydrogen) atoms. The summed E-state index contributed by atoms with van der Waals surface area (Å²) >= 11 is 0. The van der Waals surface area contributed by atoms with Gasteiger partial charge < -0.3 is 39.2 Å². The number of nitrogens with zero attached hydrogens (tertiary/aromatic N) is 7. The number of hydrogen-bond donors (Lipinski definition) is 2. The van der Waals surface area contributed by atoms with Crippen LogP contribution in [-0.4, -0.2) is 96.3 Å². The van der Waals surface area contributed by atoms with Crippen LogP contribution in [0, 0.1) is 0 Å². The fraction of sp³-hybridized carbons (Fsp3) is 0.528. The van der Waals surface area contributed by atoms with Crippen molar-refractivity contribution in [2.24, 2.45) is 0 Å². The zero-order valence-corrected chi connectivity index (χ0v) is 31.2. The lowest BCUT2D eigenvalue weighted by atomic mass is 10.1. The summed E-state index contributed by atoms with van der Waals surface area (Å²) < 4.78 is 19.5. The van der Waals surface area contributed by atoms with E-state index in [-0.39, 0.29) is 6.04 Å². The molecule has 0 aliphatic carbocycles. The summed E-state index contributed by atoms with van der Waals surface area (Å²) in [6.45, 7) is 18.3. The Balaban J connectivity index is 1.15. The highest BCUT2D eigenvalue weighted by Gasteiger charge is 2.26. The molecule has 1 amide bonds. The van der Waals surface area contributed by atoms with Crippen molar-refractivity contribution in [1.29, 1.82) is 0 Å². The average molecular weight is 702 g/mol. The number of alkyl carbamates (subject to hydrolysis) is 1. The van der Waals surface area contributed by atoms with Crippen LogP contribution in [0.25, 0.3) is 22.3 Å². The van der Waals surface area contributed by atoms with Gasteiger partial charge in [-0.3, -0.25) is 0 Å². The lowest BCUT2D eigenvalue weighted by Gasteiger charge is -2.33. The molecule has 0 spiro atoms. The first kappa shape index (κ1) is 35.5. The summed E-state index contributed by atoms with van der Waals surface area (Å²) in [5, 5.41) is 7.44. The van der Waals surface area contributed by atoms with E-state index in [4.69, 9.17) is 24.2 Å². The highest BCUT2D eigenvalue weighted by molar-refractivity contribution is 6.76. The van der Waals surface area contributed by atoms with Crippen molar-refractivity contribution in [3.63, 3.8) is 0 Å². The fourth-order valence-corrected chi connectivity index (χ4v) is 6.93. The van der Waals surface area contributed by atoms with E-state index in [2.05, 4.69) is 84.9 Å². The molecule has 1 aromatic carbocycles. The van der Waals surface area contributed by atoms with E-state index < -0.39 is 19.8 Å². The van der Waals surface area contributed by atoms with Crippen LogP contribution >= 0.6 is 0 Å². The molecule has 0 bridgehead atoms. The number of ether oxygens (including phenoxy) is 3. The van der Waals surface area contributed by atoms with Gasteiger partial charge in [0.05, 0.1) is 42.4 Å². The number of anilines is 4. The molecule has 1 atom stereocenters. The fourth-order valence-electron chi connectivity index (χ4n) is 6.17. The third-order valence-corrected chi connectivity index (χ3v) is 10.4. The van der Waals surface area contributed by atoms with Crippen LogP contribution < -0.4 is 20.4 Å². The van der Waals surface area contributed by atoms with Gasteiger partial charge in [-0.15, -0.1) is 0 Å². The van der Waals surface area contributed by atoms with Crippen LogP contribution in [0.2, 0.25) is 25.7 Å². The van der Waals surface area contributed by atoms with Gasteiger partial charge in [0.25, 0.3) is 0 Å². The van der Waals surface area contributed by atoms with E-state index >= 15 is 0 Å². The van der Waals surface area contributed by atoms with E-state index in [1.165, 1.54) is 0 Å². The predicted molar refractivity (Wildman–Crippen MR) is 200 cm³/mol. The van der Waals surface area contributed by atoms with E-state index in [1.807, 2.05) is 20.8 Å². The number of carbonyl (C=O) groups excluding carboxylic acids is 1. The molecule has 2 fully saturated rings. The van der Waals surface area contributed by atoms with Crippen molar-refractivity contribution in [1.82, 2.24) is 29.8 Å². The van der Waals surface area contributed by atoms with Gasteiger partial charge in [-0.2, -0.15) is 0 Å². The average Bonchev–Trinajstić information content (AvgIpc) is 3.45. The topological polar surface area (TPSA) is 132 Å². The minimum absolute atomic E-state index is 0.0214. The van der Waals surface area contributed by atoms with E-state index in [9.17, 15) is 4.79 Å². The minimum Gasteiger partial charge on any atom is -0.444 e. The molecule has 13 nitrogen and oxygen atoms in total. The lowest BCUT2D eigenvalue weighted by Crippen LogP contribution is -2.49. The molecule has 14 heteroatoms. The van der Waals surface area contributed by atoms with Gasteiger partial charge in [0.2, 0.25) is 5.95 Å². The number of nitrogens with one attached hydrogen (secondary N) is 2. The minimum atomic E-state index is -1.22. The monoisotopic (exact) mass is 701 g/mol. The molecule has 6 rings (SSSR count). The molecule has 0 radical (unpaired) electrons. The summed E-state index contributed by atoms with van der Waals surface area (Å²) in [6, 6.07) is 11.6. The number of amides is 1. The molecule has 5 heterocycles. The zero-order valence-electron chi connectivity index (χ0n) is 30.2. The Bertz CT molecular complexity index is 1730. The molecular weight excluding hydrogens is 651 g/mol. The summed E-state index contributed by atoms with van der Waals surface area (Å²) in [5.74, 6) is 1.57. The second-order valence-electron chi connectivity index (χ2n) is 15.2. The molecule has 3 aromatic heterocycles. The number of aromatic nitrogens is 5. The molecular formula is C36H51N9O4Si. The largest absolute Gasteiger partial charge is 0.444 e. The molecule has 0 unspecified atom stereocenters. The Hall–Kier alpha value is -4.27. The van der Waals surface area contributed by atoms with Crippen LogP contribution in [0.15, 0.2) is 49.1 Å². The van der Waals surface area contributed by atoms with Gasteiger partial charge >= 0.3 is 6.09 Å². The van der Waals surface area contributed by atoms with Gasteiger partial charge in [0.15, 0.2) is 0 Å². The van der Waals surface area contributed by atoms with Crippen LogP contribution in [0.4, 0.5) is 27.9 Å². The number of hydrogen-bond acceptors (Lipinski definition) is 11. The van der Waals surface area contributed by atoms with Crippen molar-refractivity contribution in [3.8, 4) is 11.3 Å². The van der Waals surface area contributed by atoms with Crippen LogP contribution in [0.3, 0.4) is 0 Å². The third-order valence-electron chi connectivity index (χ3n) is 8.73. The molecule has 0 saturated carbocycles. The standard InChI is InChI=1S/C36H51N9O4Si/c1-36(2,3)49-35(46)42-28-8-7-13-44(23-28)34-37-21-29(22-38-34)41-27-11-9-26(10-12-27)31-20-30-32(43-14-16-47-17-15-43)39-24-40-33(30)45(31)25-48-18-19-50(4,5)6/h9-12,20-22,24,28,41H,7-8,13-19,23,25H2,1-6H3,(H,42,46)/t28-/m0/s1. The summed E-state index contributed by atoms with van der Waals surface area (Å²) in [5.41, 5.74) is 4.13. The number of benzene rings is 1. The van der Waals surface area contributed by atoms with Crippen molar-refractivity contribution in [2.75, 3.05) is 61.1 Å². The van der Waals surface area contributed by atoms with Gasteiger partial charge in [0.1, 0.15) is 30.1 Å². The highest BCUT2D eigenvalue weighted by Crippen LogP contribution is 2.33. The molecule has 2 aliphatic rings. The maximum Gasteiger partial charge on any atom is 0.407 e. The van der Waals surface area contributed by atoms with Gasteiger partial charge in [-0.1, -0.05) is 31.8 Å². The van der Waals surface area contributed by atoms with E-state index in [1.54, 1.807) is 18.7 Å². The summed E-state index contributed by atoms with van der Waals surface area (Å²) in [6.07, 6.45) is 6.67. The Morgan fingerprint density at radius 2 is 1.72 bits per heavy atom. The molecule has 4 aromatic rings. The quantitative estimate of drug-likeness (QED) is 0.135.